The second-order valence-electron chi connectivity index (χ2n) is 9.37. The third-order valence-electron chi connectivity index (χ3n) is 6.26. The molecule has 0 amide bonds. The van der Waals surface area contributed by atoms with Crippen LogP contribution in [0, 0.1) is 6.92 Å². The van der Waals surface area contributed by atoms with Crippen molar-refractivity contribution in [3.8, 4) is 5.75 Å². The number of sulfonamides is 1. The molecule has 0 bridgehead atoms. The molecule has 0 aromatic heterocycles. The van der Waals surface area contributed by atoms with Gasteiger partial charge in [-0.25, -0.2) is 8.42 Å². The van der Waals surface area contributed by atoms with Crippen LogP contribution in [0.1, 0.15) is 42.4 Å². The van der Waals surface area contributed by atoms with Gasteiger partial charge in [-0.1, -0.05) is 37.1 Å². The van der Waals surface area contributed by atoms with Crippen molar-refractivity contribution in [2.24, 2.45) is 0 Å². The Morgan fingerprint density at radius 3 is 2.11 bits per heavy atom. The molecule has 1 heterocycles. The lowest BCUT2D eigenvalue weighted by molar-refractivity contribution is -0.121. The average molecular weight is 501 g/mol. The van der Waals surface area contributed by atoms with Crippen LogP contribution in [0.3, 0.4) is 0 Å². The molecular weight excluding hydrogens is 464 g/mol. The topological polar surface area (TPSA) is 84.0 Å². The Balaban J connectivity index is 1.58. The van der Waals surface area contributed by atoms with Crippen LogP contribution in [0.15, 0.2) is 47.4 Å². The minimum atomic E-state index is -3.59. The number of methoxy groups -OCH3 is 1. The number of likely N-dealkylation sites (N-methyl/N-ethyl adjacent to an activating group) is 1. The van der Waals surface area contributed by atoms with Crippen LogP contribution in [0.25, 0.3) is 0 Å². The summed E-state index contributed by atoms with van der Waals surface area (Å²) in [5.74, 6) is 0.646. The first kappa shape index (κ1) is 27.0. The zero-order valence-corrected chi connectivity index (χ0v) is 21.8. The van der Waals surface area contributed by atoms with Crippen LogP contribution >= 0.6 is 0 Å². The van der Waals surface area contributed by atoms with Gasteiger partial charge in [0, 0.05) is 25.9 Å². The van der Waals surface area contributed by atoms with Crippen LogP contribution in [-0.4, -0.2) is 69.5 Å². The third-order valence-corrected chi connectivity index (χ3v) is 8.31. The highest BCUT2D eigenvalue weighted by molar-refractivity contribution is 7.89. The summed E-state index contributed by atoms with van der Waals surface area (Å²) in [6.07, 6.45) is 4.24. The first-order valence-corrected chi connectivity index (χ1v) is 13.6. The van der Waals surface area contributed by atoms with E-state index in [1.165, 1.54) is 0 Å². The molecule has 0 unspecified atom stereocenters. The predicted molar refractivity (Wildman–Crippen MR) is 136 cm³/mol. The lowest BCUT2D eigenvalue weighted by atomic mass is 10.1. The number of benzene rings is 2. The van der Waals surface area contributed by atoms with E-state index in [-0.39, 0.29) is 42.4 Å². The summed E-state index contributed by atoms with van der Waals surface area (Å²) in [7, 11) is -0.263. The van der Waals surface area contributed by atoms with E-state index in [0.29, 0.717) is 30.0 Å². The summed E-state index contributed by atoms with van der Waals surface area (Å²) in [5, 5.41) is 0. The van der Waals surface area contributed by atoms with E-state index in [1.54, 1.807) is 42.4 Å². The van der Waals surface area contributed by atoms with Crippen molar-refractivity contribution in [1.29, 1.82) is 0 Å². The number of hydrogen-bond acceptors (Lipinski definition) is 6. The van der Waals surface area contributed by atoms with E-state index in [2.05, 4.69) is 0 Å². The molecule has 7 nitrogen and oxygen atoms in total. The van der Waals surface area contributed by atoms with Crippen LogP contribution in [0.4, 0.5) is 0 Å². The SMILES string of the molecule is COc1cccc(CC(=O)CN(C)CC(=O)Cc2ccc(C)c(S(=O)(=O)N3CCCCCC3)c2)c1. The van der Waals surface area contributed by atoms with E-state index < -0.39 is 10.0 Å². The first-order valence-electron chi connectivity index (χ1n) is 12.1. The van der Waals surface area contributed by atoms with Crippen molar-refractivity contribution in [2.75, 3.05) is 40.3 Å². The molecule has 0 aliphatic carbocycles. The number of nitrogens with zero attached hydrogens (tertiary/aromatic N) is 2. The van der Waals surface area contributed by atoms with E-state index >= 15 is 0 Å². The van der Waals surface area contributed by atoms with Gasteiger partial charge in [0.05, 0.1) is 25.1 Å². The van der Waals surface area contributed by atoms with Gasteiger partial charge in [-0.05, 0) is 61.7 Å². The molecule has 0 spiro atoms. The van der Waals surface area contributed by atoms with E-state index in [9.17, 15) is 18.0 Å². The summed E-state index contributed by atoms with van der Waals surface area (Å²) >= 11 is 0. The predicted octanol–water partition coefficient (Wildman–Crippen LogP) is 3.42. The Morgan fingerprint density at radius 2 is 1.51 bits per heavy atom. The minimum Gasteiger partial charge on any atom is -0.497 e. The molecule has 35 heavy (non-hydrogen) atoms. The molecule has 0 saturated carbocycles. The van der Waals surface area contributed by atoms with Crippen LogP contribution in [0.5, 0.6) is 5.75 Å². The lowest BCUT2D eigenvalue weighted by Gasteiger charge is -2.21. The fraction of sp³-hybridized carbons (Fsp3) is 0.481. The maximum Gasteiger partial charge on any atom is 0.243 e. The van der Waals surface area contributed by atoms with Gasteiger partial charge >= 0.3 is 0 Å². The highest BCUT2D eigenvalue weighted by Gasteiger charge is 2.27. The minimum absolute atomic E-state index is 0.00900. The van der Waals surface area contributed by atoms with Crippen molar-refractivity contribution in [1.82, 2.24) is 9.21 Å². The second-order valence-corrected chi connectivity index (χ2v) is 11.3. The normalized spacial score (nSPS) is 15.1. The number of rotatable bonds is 11. The Hall–Kier alpha value is -2.55. The number of aryl methyl sites for hydroxylation is 1. The fourth-order valence-electron chi connectivity index (χ4n) is 4.46. The van der Waals surface area contributed by atoms with Crippen LogP contribution in [-0.2, 0) is 32.5 Å². The highest BCUT2D eigenvalue weighted by atomic mass is 32.2. The van der Waals surface area contributed by atoms with Crippen LogP contribution in [0.2, 0.25) is 0 Å². The van der Waals surface area contributed by atoms with Gasteiger partial charge in [-0.3, -0.25) is 14.5 Å². The summed E-state index contributed by atoms with van der Waals surface area (Å²) < 4.78 is 33.3. The lowest BCUT2D eigenvalue weighted by Crippen LogP contribution is -2.33. The molecule has 1 aliphatic rings. The summed E-state index contributed by atoms with van der Waals surface area (Å²) in [5.41, 5.74) is 2.22. The van der Waals surface area contributed by atoms with Crippen molar-refractivity contribution in [3.63, 3.8) is 0 Å². The Bertz CT molecular complexity index is 1140. The molecule has 0 N–H and O–H groups in total. The van der Waals surface area contributed by atoms with Gasteiger partial charge in [0.15, 0.2) is 11.6 Å². The van der Waals surface area contributed by atoms with Gasteiger partial charge in [0.1, 0.15) is 5.75 Å². The Kier molecular flexibility index (Phi) is 9.60. The quantitative estimate of drug-likeness (QED) is 0.470. The smallest absolute Gasteiger partial charge is 0.243 e. The van der Waals surface area contributed by atoms with Gasteiger partial charge < -0.3 is 4.74 Å². The maximum atomic E-state index is 13.3. The molecular formula is C27H36N2O5S. The first-order chi connectivity index (χ1) is 16.7. The summed E-state index contributed by atoms with van der Waals surface area (Å²) in [6.45, 7) is 3.15. The highest BCUT2D eigenvalue weighted by Crippen LogP contribution is 2.24. The molecule has 1 saturated heterocycles. The van der Waals surface area contributed by atoms with Crippen molar-refractivity contribution in [3.05, 3.63) is 59.2 Å². The Labute approximate surface area is 209 Å². The van der Waals surface area contributed by atoms with Gasteiger partial charge in [0.25, 0.3) is 0 Å². The average Bonchev–Trinajstić information content (AvgIpc) is 3.10. The zero-order valence-electron chi connectivity index (χ0n) is 21.0. The molecule has 190 valence electrons. The van der Waals surface area contributed by atoms with Gasteiger partial charge in [0.2, 0.25) is 10.0 Å². The van der Waals surface area contributed by atoms with Crippen molar-refractivity contribution in [2.45, 2.75) is 50.3 Å². The summed E-state index contributed by atoms with van der Waals surface area (Å²) in [6, 6.07) is 12.6. The van der Waals surface area contributed by atoms with Gasteiger partial charge in [-0.2, -0.15) is 4.31 Å². The van der Waals surface area contributed by atoms with Crippen molar-refractivity contribution < 1.29 is 22.7 Å². The second kappa shape index (κ2) is 12.4. The molecule has 8 heteroatoms. The number of carbonyl (C=O) groups excluding carboxylic acids is 2. The number of carbonyl (C=O) groups is 2. The van der Waals surface area contributed by atoms with Crippen molar-refractivity contribution >= 4 is 21.6 Å². The number of hydrogen-bond donors (Lipinski definition) is 0. The summed E-state index contributed by atoms with van der Waals surface area (Å²) in [4.78, 5) is 27.2. The molecule has 1 fully saturated rings. The molecule has 0 radical (unpaired) electrons. The van der Waals surface area contributed by atoms with E-state index in [0.717, 1.165) is 31.2 Å². The van der Waals surface area contributed by atoms with Crippen LogP contribution < -0.4 is 4.74 Å². The number of ketones is 2. The largest absolute Gasteiger partial charge is 0.497 e. The maximum absolute atomic E-state index is 13.3. The molecule has 1 aliphatic heterocycles. The van der Waals surface area contributed by atoms with Gasteiger partial charge in [-0.15, -0.1) is 0 Å². The standard InChI is InChI=1S/C27H36N2O5S/c1-21-11-12-23(18-27(21)35(32,33)29-13-6-4-5-7-14-29)16-25(31)20-28(2)19-24(30)15-22-9-8-10-26(17-22)34-3/h8-12,17-18H,4-7,13-16,19-20H2,1-3H3. The fourth-order valence-corrected chi connectivity index (χ4v) is 6.25. The number of Topliss-reactive ketones (excluding diaryl/α,β-unsaturated/α-hetero) is 2. The monoisotopic (exact) mass is 500 g/mol. The zero-order chi connectivity index (χ0) is 25.4. The molecule has 2 aromatic rings. The molecule has 3 rings (SSSR count). The van der Waals surface area contributed by atoms with E-state index in [4.69, 9.17) is 4.74 Å². The molecule has 0 atom stereocenters. The van der Waals surface area contributed by atoms with E-state index in [1.807, 2.05) is 30.3 Å². The Morgan fingerprint density at radius 1 is 0.914 bits per heavy atom. The molecule has 2 aromatic carbocycles. The third kappa shape index (κ3) is 7.72. The number of ether oxygens (including phenoxy) is 1.